The number of hydrogen-bond acceptors (Lipinski definition) is 5. The van der Waals surface area contributed by atoms with Crippen LogP contribution in [-0.2, 0) is 4.74 Å². The molecule has 0 saturated heterocycles. The van der Waals surface area contributed by atoms with Crippen LogP contribution in [0.3, 0.4) is 0 Å². The Bertz CT molecular complexity index is 807. The maximum Gasteiger partial charge on any atom is 0.340 e. The molecule has 24 heavy (non-hydrogen) atoms. The highest BCUT2D eigenvalue weighted by Crippen LogP contribution is 2.24. The van der Waals surface area contributed by atoms with Crippen LogP contribution in [0.1, 0.15) is 27.6 Å². The minimum Gasteiger partial charge on any atom is -0.462 e. The Kier molecular flexibility index (Phi) is 5.49. The van der Waals surface area contributed by atoms with Gasteiger partial charge in [0.2, 0.25) is 0 Å². The van der Waals surface area contributed by atoms with Crippen LogP contribution in [0.2, 0.25) is 5.02 Å². The number of rotatable bonds is 5. The highest BCUT2D eigenvalue weighted by atomic mass is 35.5. The zero-order valence-corrected chi connectivity index (χ0v) is 13.4. The molecule has 8 heteroatoms. The van der Waals surface area contributed by atoms with Gasteiger partial charge in [-0.05, 0) is 25.1 Å². The first-order valence-corrected chi connectivity index (χ1v) is 7.33. The molecule has 0 aliphatic rings. The number of hydrogen-bond donors (Lipinski definition) is 1. The molecule has 0 spiro atoms. The van der Waals surface area contributed by atoms with Crippen LogP contribution in [0.5, 0.6) is 0 Å². The third-order valence-corrected chi connectivity index (χ3v) is 3.39. The van der Waals surface area contributed by atoms with Crippen LogP contribution in [0.25, 0.3) is 0 Å². The van der Waals surface area contributed by atoms with Crippen LogP contribution in [-0.4, -0.2) is 23.4 Å². The zero-order chi connectivity index (χ0) is 17.7. The highest BCUT2D eigenvalue weighted by Gasteiger charge is 2.18. The van der Waals surface area contributed by atoms with Gasteiger partial charge >= 0.3 is 5.97 Å². The summed E-state index contributed by atoms with van der Waals surface area (Å²) in [7, 11) is 0. The molecule has 2 aromatic rings. The number of benzene rings is 2. The lowest BCUT2D eigenvalue weighted by molar-refractivity contribution is -0.384. The normalized spacial score (nSPS) is 10.1. The lowest BCUT2D eigenvalue weighted by atomic mass is 10.1. The van der Waals surface area contributed by atoms with Gasteiger partial charge in [0.05, 0.1) is 33.4 Å². The standard InChI is InChI=1S/C16H13ClN2O5/c1-2-24-16(21)12-5-3-4-6-14(12)18-15(20)11-8-7-10(19(22)23)9-13(11)17/h3-9H,2H2,1H3,(H,18,20). The molecule has 0 unspecified atom stereocenters. The van der Waals surface area contributed by atoms with Gasteiger partial charge in [-0.3, -0.25) is 14.9 Å². The van der Waals surface area contributed by atoms with Gasteiger partial charge < -0.3 is 10.1 Å². The van der Waals surface area contributed by atoms with Crippen molar-refractivity contribution in [3.63, 3.8) is 0 Å². The average Bonchev–Trinajstić information content (AvgIpc) is 2.55. The summed E-state index contributed by atoms with van der Waals surface area (Å²) in [5.74, 6) is -1.16. The van der Waals surface area contributed by atoms with E-state index in [9.17, 15) is 19.7 Å². The number of nitrogens with zero attached hydrogens (tertiary/aromatic N) is 1. The first-order chi connectivity index (χ1) is 11.4. The molecular formula is C16H13ClN2O5. The minimum absolute atomic E-state index is 0.0564. The van der Waals surface area contributed by atoms with Crippen molar-refractivity contribution >= 4 is 34.9 Å². The van der Waals surface area contributed by atoms with Crippen molar-refractivity contribution in [1.29, 1.82) is 0 Å². The fraction of sp³-hybridized carbons (Fsp3) is 0.125. The van der Waals surface area contributed by atoms with Crippen molar-refractivity contribution in [1.82, 2.24) is 0 Å². The summed E-state index contributed by atoms with van der Waals surface area (Å²) < 4.78 is 4.93. The van der Waals surface area contributed by atoms with Crippen LogP contribution >= 0.6 is 11.6 Å². The van der Waals surface area contributed by atoms with Crippen molar-refractivity contribution in [3.8, 4) is 0 Å². The average molecular weight is 349 g/mol. The molecular weight excluding hydrogens is 336 g/mol. The summed E-state index contributed by atoms with van der Waals surface area (Å²) in [4.78, 5) is 34.3. The number of amides is 1. The maximum atomic E-state index is 12.3. The number of carbonyl (C=O) groups is 2. The van der Waals surface area contributed by atoms with Crippen molar-refractivity contribution in [2.24, 2.45) is 0 Å². The van der Waals surface area contributed by atoms with Gasteiger partial charge in [-0.15, -0.1) is 0 Å². The van der Waals surface area contributed by atoms with E-state index >= 15 is 0 Å². The molecule has 2 rings (SSSR count). The molecule has 2 aromatic carbocycles. The largest absolute Gasteiger partial charge is 0.462 e. The van der Waals surface area contributed by atoms with E-state index in [1.165, 1.54) is 18.2 Å². The monoisotopic (exact) mass is 348 g/mol. The number of nitro benzene ring substituents is 1. The van der Waals surface area contributed by atoms with Crippen LogP contribution < -0.4 is 5.32 Å². The second-order valence-corrected chi connectivity index (χ2v) is 5.05. The first-order valence-electron chi connectivity index (χ1n) is 6.95. The Morgan fingerprint density at radius 3 is 2.54 bits per heavy atom. The van der Waals surface area contributed by atoms with Gasteiger partial charge in [0.25, 0.3) is 11.6 Å². The predicted octanol–water partition coefficient (Wildman–Crippen LogP) is 3.68. The highest BCUT2D eigenvalue weighted by molar-refractivity contribution is 6.34. The molecule has 7 nitrogen and oxygen atoms in total. The molecule has 0 aromatic heterocycles. The predicted molar refractivity (Wildman–Crippen MR) is 88.5 cm³/mol. The molecule has 0 saturated carbocycles. The fourth-order valence-corrected chi connectivity index (χ4v) is 2.23. The van der Waals surface area contributed by atoms with Gasteiger partial charge in [-0.1, -0.05) is 23.7 Å². The van der Waals surface area contributed by atoms with Gasteiger partial charge in [-0.25, -0.2) is 4.79 Å². The van der Waals surface area contributed by atoms with Crippen LogP contribution in [0.4, 0.5) is 11.4 Å². The molecule has 1 N–H and O–H groups in total. The number of nitro groups is 1. The van der Waals surface area contributed by atoms with E-state index < -0.39 is 16.8 Å². The summed E-state index contributed by atoms with van der Waals surface area (Å²) in [6, 6.07) is 9.87. The Morgan fingerprint density at radius 2 is 1.92 bits per heavy atom. The lowest BCUT2D eigenvalue weighted by Gasteiger charge is -2.11. The van der Waals surface area contributed by atoms with E-state index in [0.29, 0.717) is 0 Å². The minimum atomic E-state index is -0.608. The van der Waals surface area contributed by atoms with E-state index in [1.54, 1.807) is 25.1 Å². The molecule has 124 valence electrons. The second-order valence-electron chi connectivity index (χ2n) is 4.64. The lowest BCUT2D eigenvalue weighted by Crippen LogP contribution is -2.16. The number of carbonyl (C=O) groups excluding carboxylic acids is 2. The number of anilines is 1. The Morgan fingerprint density at radius 1 is 1.21 bits per heavy atom. The summed E-state index contributed by atoms with van der Waals surface area (Å²) in [5.41, 5.74) is 0.297. The topological polar surface area (TPSA) is 98.5 Å². The third-order valence-electron chi connectivity index (χ3n) is 3.08. The van der Waals surface area contributed by atoms with E-state index in [1.807, 2.05) is 0 Å². The molecule has 1 amide bonds. The van der Waals surface area contributed by atoms with E-state index in [0.717, 1.165) is 6.07 Å². The Labute approximate surface area is 142 Å². The van der Waals surface area contributed by atoms with Gasteiger partial charge in [0, 0.05) is 12.1 Å². The molecule has 0 radical (unpaired) electrons. The van der Waals surface area contributed by atoms with Gasteiger partial charge in [0.1, 0.15) is 0 Å². The first kappa shape index (κ1) is 17.4. The van der Waals surface area contributed by atoms with Crippen molar-refractivity contribution in [2.45, 2.75) is 6.92 Å². The SMILES string of the molecule is CCOC(=O)c1ccccc1NC(=O)c1ccc([N+](=O)[O-])cc1Cl. The van der Waals surface area contributed by atoms with Crippen molar-refractivity contribution < 1.29 is 19.2 Å². The number of ether oxygens (including phenoxy) is 1. The fourth-order valence-electron chi connectivity index (χ4n) is 1.97. The third kappa shape index (κ3) is 3.88. The molecule has 0 atom stereocenters. The second kappa shape index (κ2) is 7.56. The summed E-state index contributed by atoms with van der Waals surface area (Å²) >= 11 is 5.93. The zero-order valence-electron chi connectivity index (χ0n) is 12.6. The smallest absolute Gasteiger partial charge is 0.340 e. The number of nitrogens with one attached hydrogen (secondary N) is 1. The van der Waals surface area contributed by atoms with Gasteiger partial charge in [0.15, 0.2) is 0 Å². The quantitative estimate of drug-likeness (QED) is 0.505. The number of halogens is 1. The van der Waals surface area contributed by atoms with E-state index in [-0.39, 0.29) is 34.1 Å². The van der Waals surface area contributed by atoms with E-state index in [4.69, 9.17) is 16.3 Å². The molecule has 0 aliphatic heterocycles. The Hall–Kier alpha value is -2.93. The molecule has 0 aliphatic carbocycles. The summed E-state index contributed by atoms with van der Waals surface area (Å²) in [6.45, 7) is 1.88. The van der Waals surface area contributed by atoms with E-state index in [2.05, 4.69) is 5.32 Å². The summed E-state index contributed by atoms with van der Waals surface area (Å²) in [6.07, 6.45) is 0. The number of para-hydroxylation sites is 1. The number of esters is 1. The molecule has 0 heterocycles. The number of non-ortho nitro benzene ring substituents is 1. The molecule has 0 fully saturated rings. The van der Waals surface area contributed by atoms with Crippen LogP contribution in [0.15, 0.2) is 42.5 Å². The molecule has 0 bridgehead atoms. The Balaban J connectivity index is 2.28. The van der Waals surface area contributed by atoms with Crippen LogP contribution in [0, 0.1) is 10.1 Å². The maximum absolute atomic E-state index is 12.3. The van der Waals surface area contributed by atoms with Crippen molar-refractivity contribution in [2.75, 3.05) is 11.9 Å². The van der Waals surface area contributed by atoms with Crippen molar-refractivity contribution in [3.05, 3.63) is 68.7 Å². The summed E-state index contributed by atoms with van der Waals surface area (Å²) in [5, 5.41) is 13.2. The van der Waals surface area contributed by atoms with Gasteiger partial charge in [-0.2, -0.15) is 0 Å².